The number of benzene rings is 3. The van der Waals surface area contributed by atoms with E-state index in [1.807, 2.05) is 43.3 Å². The lowest BCUT2D eigenvalue weighted by Crippen LogP contribution is -2.08. The molecule has 0 amide bonds. The van der Waals surface area contributed by atoms with E-state index in [-0.39, 0.29) is 0 Å². The summed E-state index contributed by atoms with van der Waals surface area (Å²) in [5.74, 6) is 2.22. The molecule has 1 aliphatic rings. The Hall–Kier alpha value is -4.18. The van der Waals surface area contributed by atoms with Crippen LogP contribution in [-0.4, -0.2) is 10.1 Å². The standard InChI is InChI=1S/C31H27N3O/c1-21-30(33-29-12-6-11-28(32-29)26-7-3-2-4-8-26)31(35-34-21)27-19-17-25(18-20-27)24-15-13-23(14-16-24)22-9-5-10-22/h2-4,6-8,11-20,22H,5,9-10H2,1H3,(H,32,33). The van der Waals surface area contributed by atoms with Crippen molar-refractivity contribution in [2.75, 3.05) is 5.32 Å². The van der Waals surface area contributed by atoms with Gasteiger partial charge in [0.25, 0.3) is 0 Å². The van der Waals surface area contributed by atoms with E-state index in [4.69, 9.17) is 9.51 Å². The molecule has 0 aliphatic heterocycles. The molecule has 0 unspecified atom stereocenters. The van der Waals surface area contributed by atoms with Gasteiger partial charge in [-0.2, -0.15) is 0 Å². The second-order valence-corrected chi connectivity index (χ2v) is 9.20. The normalized spacial score (nSPS) is 13.4. The van der Waals surface area contributed by atoms with E-state index in [2.05, 4.69) is 71.1 Å². The highest BCUT2D eigenvalue weighted by Gasteiger charge is 2.19. The first-order valence-corrected chi connectivity index (χ1v) is 12.2. The van der Waals surface area contributed by atoms with Gasteiger partial charge in [-0.3, -0.25) is 0 Å². The summed E-state index contributed by atoms with van der Waals surface area (Å²) in [4.78, 5) is 4.80. The predicted molar refractivity (Wildman–Crippen MR) is 142 cm³/mol. The number of rotatable bonds is 6. The Morgan fingerprint density at radius 2 is 1.40 bits per heavy atom. The highest BCUT2D eigenvalue weighted by Crippen LogP contribution is 2.38. The number of aromatic nitrogens is 2. The number of nitrogens with zero attached hydrogens (tertiary/aromatic N) is 2. The van der Waals surface area contributed by atoms with Crippen molar-refractivity contribution in [3.8, 4) is 33.7 Å². The average molecular weight is 458 g/mol. The molecule has 3 aromatic carbocycles. The summed E-state index contributed by atoms with van der Waals surface area (Å²) in [6, 6.07) is 33.6. The van der Waals surface area contributed by atoms with E-state index in [9.17, 15) is 0 Å². The SMILES string of the molecule is Cc1noc(-c2ccc(-c3ccc(C4CCC4)cc3)cc2)c1Nc1cccc(-c2ccccc2)n1. The molecular weight excluding hydrogens is 430 g/mol. The van der Waals surface area contributed by atoms with E-state index in [0.717, 1.165) is 39.9 Å². The maximum Gasteiger partial charge on any atom is 0.190 e. The third-order valence-electron chi connectivity index (χ3n) is 6.90. The van der Waals surface area contributed by atoms with Crippen LogP contribution in [0, 0.1) is 6.92 Å². The fourth-order valence-electron chi connectivity index (χ4n) is 4.62. The van der Waals surface area contributed by atoms with Crippen molar-refractivity contribution in [2.45, 2.75) is 32.1 Å². The maximum absolute atomic E-state index is 5.73. The van der Waals surface area contributed by atoms with Crippen molar-refractivity contribution in [3.63, 3.8) is 0 Å². The molecule has 0 spiro atoms. The van der Waals surface area contributed by atoms with E-state index in [1.165, 1.54) is 36.0 Å². The molecule has 0 atom stereocenters. The van der Waals surface area contributed by atoms with Gasteiger partial charge in [0.05, 0.1) is 5.69 Å². The number of aryl methyl sites for hydroxylation is 1. The van der Waals surface area contributed by atoms with Gasteiger partial charge >= 0.3 is 0 Å². The molecule has 4 nitrogen and oxygen atoms in total. The van der Waals surface area contributed by atoms with E-state index in [1.54, 1.807) is 0 Å². The third kappa shape index (κ3) is 4.35. The maximum atomic E-state index is 5.73. The molecule has 2 aromatic heterocycles. The minimum absolute atomic E-state index is 0.710. The second-order valence-electron chi connectivity index (χ2n) is 9.20. The highest BCUT2D eigenvalue weighted by atomic mass is 16.5. The molecule has 0 bridgehead atoms. The first-order valence-electron chi connectivity index (χ1n) is 12.2. The van der Waals surface area contributed by atoms with Crippen LogP contribution in [0.2, 0.25) is 0 Å². The van der Waals surface area contributed by atoms with Crippen LogP contribution in [0.1, 0.15) is 36.4 Å². The van der Waals surface area contributed by atoms with E-state index >= 15 is 0 Å². The fraction of sp³-hybridized carbons (Fsp3) is 0.161. The minimum atomic E-state index is 0.710. The number of hydrogen-bond acceptors (Lipinski definition) is 4. The van der Waals surface area contributed by atoms with Crippen molar-refractivity contribution in [3.05, 3.63) is 108 Å². The van der Waals surface area contributed by atoms with Gasteiger partial charge in [0.1, 0.15) is 17.2 Å². The first kappa shape index (κ1) is 21.4. The van der Waals surface area contributed by atoms with Crippen molar-refractivity contribution in [1.29, 1.82) is 0 Å². The van der Waals surface area contributed by atoms with Gasteiger partial charge in [-0.15, -0.1) is 0 Å². The van der Waals surface area contributed by atoms with Gasteiger partial charge in [-0.1, -0.05) is 96.5 Å². The second kappa shape index (κ2) is 9.22. The summed E-state index contributed by atoms with van der Waals surface area (Å²) >= 11 is 0. The van der Waals surface area contributed by atoms with Crippen LogP contribution in [0.3, 0.4) is 0 Å². The quantitative estimate of drug-likeness (QED) is 0.278. The Bertz CT molecular complexity index is 1430. The number of nitrogens with one attached hydrogen (secondary N) is 1. The van der Waals surface area contributed by atoms with Gasteiger partial charge in [0.2, 0.25) is 0 Å². The monoisotopic (exact) mass is 457 g/mol. The van der Waals surface area contributed by atoms with Crippen LogP contribution in [0.15, 0.2) is 102 Å². The fourth-order valence-corrected chi connectivity index (χ4v) is 4.62. The largest absolute Gasteiger partial charge is 0.354 e. The number of pyridine rings is 1. The summed E-state index contributed by atoms with van der Waals surface area (Å²) < 4.78 is 5.73. The molecule has 6 rings (SSSR count). The molecule has 172 valence electrons. The van der Waals surface area contributed by atoms with Gasteiger partial charge < -0.3 is 9.84 Å². The van der Waals surface area contributed by atoms with E-state index < -0.39 is 0 Å². The van der Waals surface area contributed by atoms with E-state index in [0.29, 0.717) is 5.76 Å². The lowest BCUT2D eigenvalue weighted by Gasteiger charge is -2.25. The Kier molecular flexibility index (Phi) is 5.63. The summed E-state index contributed by atoms with van der Waals surface area (Å²) in [5, 5.41) is 7.66. The molecule has 1 N–H and O–H groups in total. The zero-order valence-electron chi connectivity index (χ0n) is 19.7. The van der Waals surface area contributed by atoms with Crippen LogP contribution >= 0.6 is 0 Å². The Balaban J connectivity index is 1.24. The molecule has 5 aromatic rings. The summed E-state index contributed by atoms with van der Waals surface area (Å²) in [7, 11) is 0. The topological polar surface area (TPSA) is 51.0 Å². The van der Waals surface area contributed by atoms with Crippen molar-refractivity contribution in [1.82, 2.24) is 10.1 Å². The van der Waals surface area contributed by atoms with Gasteiger partial charge in [0.15, 0.2) is 5.76 Å². The number of anilines is 2. The Morgan fingerprint density at radius 1 is 0.714 bits per heavy atom. The Morgan fingerprint density at radius 3 is 2.09 bits per heavy atom. The average Bonchev–Trinajstić information content (AvgIpc) is 3.24. The van der Waals surface area contributed by atoms with Gasteiger partial charge in [-0.25, -0.2) is 4.98 Å². The molecule has 2 heterocycles. The lowest BCUT2D eigenvalue weighted by atomic mass is 9.80. The smallest absolute Gasteiger partial charge is 0.190 e. The zero-order valence-corrected chi connectivity index (χ0v) is 19.7. The van der Waals surface area contributed by atoms with Gasteiger partial charge in [-0.05, 0) is 54.5 Å². The molecule has 4 heteroatoms. The van der Waals surface area contributed by atoms with Crippen molar-refractivity contribution in [2.24, 2.45) is 0 Å². The van der Waals surface area contributed by atoms with Gasteiger partial charge in [0, 0.05) is 11.1 Å². The van der Waals surface area contributed by atoms with Crippen LogP contribution in [-0.2, 0) is 0 Å². The van der Waals surface area contributed by atoms with Crippen LogP contribution in [0.4, 0.5) is 11.5 Å². The molecule has 35 heavy (non-hydrogen) atoms. The number of hydrogen-bond donors (Lipinski definition) is 1. The summed E-state index contributed by atoms with van der Waals surface area (Å²) in [6.45, 7) is 1.94. The molecule has 1 fully saturated rings. The summed E-state index contributed by atoms with van der Waals surface area (Å²) in [5.41, 5.74) is 8.48. The Labute approximate surface area is 205 Å². The first-order chi connectivity index (χ1) is 17.2. The molecule has 1 saturated carbocycles. The molecular formula is C31H27N3O. The van der Waals surface area contributed by atoms with Crippen molar-refractivity contribution >= 4 is 11.5 Å². The minimum Gasteiger partial charge on any atom is -0.354 e. The lowest BCUT2D eigenvalue weighted by molar-refractivity contribution is 0.420. The zero-order chi connectivity index (χ0) is 23.6. The van der Waals surface area contributed by atoms with Crippen LogP contribution in [0.5, 0.6) is 0 Å². The van der Waals surface area contributed by atoms with Crippen LogP contribution in [0.25, 0.3) is 33.7 Å². The van der Waals surface area contributed by atoms with Crippen molar-refractivity contribution < 1.29 is 4.52 Å². The molecule has 1 aliphatic carbocycles. The molecule has 0 saturated heterocycles. The summed E-state index contributed by atoms with van der Waals surface area (Å²) in [6.07, 6.45) is 4.01. The predicted octanol–water partition coefficient (Wildman–Crippen LogP) is 8.39. The highest BCUT2D eigenvalue weighted by molar-refractivity contribution is 5.79. The molecule has 0 radical (unpaired) electrons. The third-order valence-corrected chi connectivity index (χ3v) is 6.90. The van der Waals surface area contributed by atoms with Crippen LogP contribution < -0.4 is 5.32 Å².